The molecule has 0 spiro atoms. The lowest BCUT2D eigenvalue weighted by molar-refractivity contribution is 0.0929. The van der Waals surface area contributed by atoms with Crippen LogP contribution in [-0.2, 0) is 11.3 Å². The first-order valence-electron chi connectivity index (χ1n) is 8.89. The van der Waals surface area contributed by atoms with Gasteiger partial charge in [-0.25, -0.2) is 4.79 Å². The molecule has 1 unspecified atom stereocenters. The SMILES string of the molecule is COc1ccc(CNC2=C(N)[C@H](OC(=O)NC(C)C)CCC2CO)cc1. The summed E-state index contributed by atoms with van der Waals surface area (Å²) in [6.07, 6.45) is 0.317. The number of nitrogens with one attached hydrogen (secondary N) is 2. The molecule has 2 atom stereocenters. The van der Waals surface area contributed by atoms with E-state index in [0.717, 1.165) is 17.0 Å². The summed E-state index contributed by atoms with van der Waals surface area (Å²) >= 11 is 0. The molecule has 0 radical (unpaired) electrons. The number of hydrogen-bond acceptors (Lipinski definition) is 6. The summed E-state index contributed by atoms with van der Waals surface area (Å²) in [6.45, 7) is 4.29. The number of benzene rings is 1. The molecule has 1 amide bonds. The van der Waals surface area contributed by atoms with Crippen LogP contribution < -0.4 is 21.1 Å². The molecule has 1 aromatic rings. The van der Waals surface area contributed by atoms with Crippen molar-refractivity contribution in [3.05, 3.63) is 41.2 Å². The second-order valence-corrected chi connectivity index (χ2v) is 6.72. The molecule has 26 heavy (non-hydrogen) atoms. The molecule has 0 saturated heterocycles. The Kier molecular flexibility index (Phi) is 7.15. The summed E-state index contributed by atoms with van der Waals surface area (Å²) in [6, 6.07) is 7.70. The third kappa shape index (κ3) is 5.29. The highest BCUT2D eigenvalue weighted by Gasteiger charge is 2.30. The summed E-state index contributed by atoms with van der Waals surface area (Å²) in [4.78, 5) is 11.9. The maximum absolute atomic E-state index is 11.9. The van der Waals surface area contributed by atoms with Crippen molar-refractivity contribution in [2.45, 2.75) is 45.4 Å². The molecule has 2 rings (SSSR count). The molecule has 0 aliphatic heterocycles. The molecule has 7 nitrogen and oxygen atoms in total. The zero-order valence-electron chi connectivity index (χ0n) is 15.6. The molecule has 0 aromatic heterocycles. The fraction of sp³-hybridized carbons (Fsp3) is 0.526. The van der Waals surface area contributed by atoms with Crippen LogP contribution >= 0.6 is 0 Å². The van der Waals surface area contributed by atoms with Gasteiger partial charge in [0.1, 0.15) is 11.9 Å². The van der Waals surface area contributed by atoms with Gasteiger partial charge in [0, 0.05) is 24.2 Å². The highest BCUT2D eigenvalue weighted by molar-refractivity contribution is 5.68. The molecular weight excluding hydrogens is 334 g/mol. The van der Waals surface area contributed by atoms with E-state index in [9.17, 15) is 9.90 Å². The van der Waals surface area contributed by atoms with Crippen LogP contribution in [-0.4, -0.2) is 37.1 Å². The smallest absolute Gasteiger partial charge is 0.407 e. The normalized spacial score (nSPS) is 20.0. The molecule has 1 aliphatic rings. The first-order chi connectivity index (χ1) is 12.4. The summed E-state index contributed by atoms with van der Waals surface area (Å²) < 4.78 is 10.6. The summed E-state index contributed by atoms with van der Waals surface area (Å²) in [7, 11) is 1.63. The van der Waals surface area contributed by atoms with Crippen LogP contribution in [0, 0.1) is 5.92 Å². The lowest BCUT2D eigenvalue weighted by Gasteiger charge is -2.32. The van der Waals surface area contributed by atoms with Gasteiger partial charge in [0.15, 0.2) is 0 Å². The Hall–Kier alpha value is -2.41. The zero-order valence-corrected chi connectivity index (χ0v) is 15.6. The Bertz CT molecular complexity index is 628. The van der Waals surface area contributed by atoms with Crippen molar-refractivity contribution in [3.63, 3.8) is 0 Å². The number of amides is 1. The molecule has 7 heteroatoms. The van der Waals surface area contributed by atoms with E-state index < -0.39 is 12.2 Å². The Morgan fingerprint density at radius 1 is 1.31 bits per heavy atom. The van der Waals surface area contributed by atoms with Crippen molar-refractivity contribution in [1.29, 1.82) is 0 Å². The van der Waals surface area contributed by atoms with Gasteiger partial charge < -0.3 is 30.9 Å². The van der Waals surface area contributed by atoms with Gasteiger partial charge in [-0.3, -0.25) is 0 Å². The highest BCUT2D eigenvalue weighted by Crippen LogP contribution is 2.28. The number of carbonyl (C=O) groups excluding carboxylic acids is 1. The summed E-state index contributed by atoms with van der Waals surface area (Å²) in [5.41, 5.74) is 8.54. The average Bonchev–Trinajstić information content (AvgIpc) is 2.62. The van der Waals surface area contributed by atoms with Crippen LogP contribution in [0.2, 0.25) is 0 Å². The first-order valence-corrected chi connectivity index (χ1v) is 8.89. The predicted octanol–water partition coefficient (Wildman–Crippen LogP) is 1.86. The van der Waals surface area contributed by atoms with Gasteiger partial charge in [0.05, 0.1) is 19.4 Å². The van der Waals surface area contributed by atoms with Gasteiger partial charge in [-0.1, -0.05) is 12.1 Å². The summed E-state index contributed by atoms with van der Waals surface area (Å²) in [5, 5.41) is 15.7. The molecule has 0 fully saturated rings. The largest absolute Gasteiger partial charge is 0.497 e. The lowest BCUT2D eigenvalue weighted by Crippen LogP contribution is -2.40. The van der Waals surface area contributed by atoms with E-state index in [0.29, 0.717) is 25.1 Å². The quantitative estimate of drug-likeness (QED) is 0.589. The monoisotopic (exact) mass is 363 g/mol. The maximum atomic E-state index is 11.9. The number of ether oxygens (including phenoxy) is 2. The van der Waals surface area contributed by atoms with E-state index in [1.807, 2.05) is 38.1 Å². The third-order valence-electron chi connectivity index (χ3n) is 4.36. The van der Waals surface area contributed by atoms with Gasteiger partial charge in [0.25, 0.3) is 0 Å². The molecule has 144 valence electrons. The van der Waals surface area contributed by atoms with Crippen LogP contribution in [0.1, 0.15) is 32.3 Å². The van der Waals surface area contributed by atoms with E-state index in [2.05, 4.69) is 10.6 Å². The number of alkyl carbamates (subject to hydrolysis) is 1. The van der Waals surface area contributed by atoms with Gasteiger partial charge in [0.2, 0.25) is 0 Å². The van der Waals surface area contributed by atoms with Crippen LogP contribution in [0.15, 0.2) is 35.7 Å². The Morgan fingerprint density at radius 2 is 2.00 bits per heavy atom. The zero-order chi connectivity index (χ0) is 19.1. The van der Waals surface area contributed by atoms with Crippen molar-refractivity contribution in [2.75, 3.05) is 13.7 Å². The van der Waals surface area contributed by atoms with Gasteiger partial charge in [-0.05, 0) is 44.4 Å². The fourth-order valence-corrected chi connectivity index (χ4v) is 2.95. The van der Waals surface area contributed by atoms with Crippen LogP contribution in [0.25, 0.3) is 0 Å². The average molecular weight is 363 g/mol. The number of carbonyl (C=O) groups is 1. The van der Waals surface area contributed by atoms with Crippen molar-refractivity contribution in [1.82, 2.24) is 10.6 Å². The fourth-order valence-electron chi connectivity index (χ4n) is 2.95. The molecule has 5 N–H and O–H groups in total. The lowest BCUT2D eigenvalue weighted by atomic mass is 9.88. The number of aliphatic hydroxyl groups excluding tert-OH is 1. The Labute approximate surface area is 154 Å². The van der Waals surface area contributed by atoms with Crippen LogP contribution in [0.5, 0.6) is 5.75 Å². The molecule has 0 heterocycles. The van der Waals surface area contributed by atoms with Crippen molar-refractivity contribution < 1.29 is 19.4 Å². The van der Waals surface area contributed by atoms with E-state index in [-0.39, 0.29) is 18.6 Å². The van der Waals surface area contributed by atoms with Gasteiger partial charge in [-0.15, -0.1) is 0 Å². The predicted molar refractivity (Wildman–Crippen MR) is 99.4 cm³/mol. The molecule has 1 aliphatic carbocycles. The van der Waals surface area contributed by atoms with Crippen molar-refractivity contribution >= 4 is 6.09 Å². The minimum Gasteiger partial charge on any atom is -0.497 e. The number of nitrogens with two attached hydrogens (primary N) is 1. The number of aliphatic hydroxyl groups is 1. The van der Waals surface area contributed by atoms with E-state index in [4.69, 9.17) is 15.2 Å². The second-order valence-electron chi connectivity index (χ2n) is 6.72. The number of rotatable bonds is 7. The molecule has 0 saturated carbocycles. The van der Waals surface area contributed by atoms with E-state index in [1.165, 1.54) is 0 Å². The minimum absolute atomic E-state index is 0.00342. The maximum Gasteiger partial charge on any atom is 0.407 e. The third-order valence-corrected chi connectivity index (χ3v) is 4.36. The second kappa shape index (κ2) is 9.33. The van der Waals surface area contributed by atoms with Crippen molar-refractivity contribution in [3.8, 4) is 5.75 Å². The Balaban J connectivity index is 2.07. The van der Waals surface area contributed by atoms with Crippen molar-refractivity contribution in [2.24, 2.45) is 11.7 Å². The standard InChI is InChI=1S/C19H29N3O4/c1-12(2)22-19(24)26-16-9-6-14(11-23)18(17(16)20)21-10-13-4-7-15(25-3)8-5-13/h4-5,7-8,12,14,16,21,23H,6,9-11,20H2,1-3H3,(H,22,24)/t14?,16-/m1/s1. The van der Waals surface area contributed by atoms with Gasteiger partial charge >= 0.3 is 6.09 Å². The van der Waals surface area contributed by atoms with Crippen LogP contribution in [0.3, 0.4) is 0 Å². The highest BCUT2D eigenvalue weighted by atomic mass is 16.6. The number of hydrogen-bond donors (Lipinski definition) is 4. The topological polar surface area (TPSA) is 106 Å². The number of methoxy groups -OCH3 is 1. The molecule has 1 aromatic carbocycles. The van der Waals surface area contributed by atoms with E-state index >= 15 is 0 Å². The van der Waals surface area contributed by atoms with Gasteiger partial charge in [-0.2, -0.15) is 0 Å². The Morgan fingerprint density at radius 3 is 2.58 bits per heavy atom. The summed E-state index contributed by atoms with van der Waals surface area (Å²) in [5.74, 6) is 0.712. The first kappa shape index (κ1) is 19.9. The van der Waals surface area contributed by atoms with E-state index in [1.54, 1.807) is 7.11 Å². The molecule has 0 bridgehead atoms. The molecular formula is C19H29N3O4. The van der Waals surface area contributed by atoms with Crippen LogP contribution in [0.4, 0.5) is 4.79 Å². The minimum atomic E-state index is -0.491.